The van der Waals surface area contributed by atoms with Crippen LogP contribution in [-0.4, -0.2) is 30.6 Å². The molecule has 1 saturated carbocycles. The molecule has 0 radical (unpaired) electrons. The average Bonchev–Trinajstić information content (AvgIpc) is 3.20. The minimum absolute atomic E-state index is 0.762. The monoisotopic (exact) mass is 262 g/mol. The number of nitrogens with two attached hydrogens (primary N) is 1. The molecule has 0 atom stereocenters. The van der Waals surface area contributed by atoms with Crippen LogP contribution >= 0.6 is 0 Å². The Bertz CT molecular complexity index is 371. The van der Waals surface area contributed by atoms with Gasteiger partial charge in [-0.05, 0) is 56.0 Å². The summed E-state index contributed by atoms with van der Waals surface area (Å²) < 4.78 is 5.78. The van der Waals surface area contributed by atoms with E-state index in [0.29, 0.717) is 0 Å². The van der Waals surface area contributed by atoms with Gasteiger partial charge in [-0.25, -0.2) is 0 Å². The van der Waals surface area contributed by atoms with Gasteiger partial charge in [0.1, 0.15) is 12.4 Å². The zero-order chi connectivity index (χ0) is 13.7. The largest absolute Gasteiger partial charge is 0.492 e. The number of nitrogen functional groups attached to an aromatic ring is 1. The molecular formula is C16H26N2O. The molecule has 1 aromatic carbocycles. The Morgan fingerprint density at radius 1 is 1.21 bits per heavy atom. The van der Waals surface area contributed by atoms with Crippen LogP contribution in [0.4, 0.5) is 5.69 Å². The topological polar surface area (TPSA) is 38.5 Å². The molecule has 2 rings (SSSR count). The maximum absolute atomic E-state index is 5.78. The van der Waals surface area contributed by atoms with Gasteiger partial charge in [-0.1, -0.05) is 13.8 Å². The highest BCUT2D eigenvalue weighted by atomic mass is 16.5. The number of nitrogens with zero attached hydrogens (tertiary/aromatic N) is 1. The second kappa shape index (κ2) is 6.80. The third-order valence-electron chi connectivity index (χ3n) is 3.58. The van der Waals surface area contributed by atoms with E-state index in [0.717, 1.165) is 36.5 Å². The number of hydrogen-bond acceptors (Lipinski definition) is 3. The second-order valence-corrected chi connectivity index (χ2v) is 5.87. The summed E-state index contributed by atoms with van der Waals surface area (Å²) in [4.78, 5) is 2.58. The van der Waals surface area contributed by atoms with E-state index in [9.17, 15) is 0 Å². The molecule has 0 heterocycles. The average molecular weight is 262 g/mol. The third kappa shape index (κ3) is 5.11. The van der Waals surface area contributed by atoms with Gasteiger partial charge in [0.15, 0.2) is 0 Å². The van der Waals surface area contributed by atoms with Gasteiger partial charge in [0, 0.05) is 18.3 Å². The van der Waals surface area contributed by atoms with Crippen LogP contribution < -0.4 is 10.5 Å². The van der Waals surface area contributed by atoms with Crippen molar-refractivity contribution in [1.82, 2.24) is 4.90 Å². The smallest absolute Gasteiger partial charge is 0.119 e. The molecule has 0 spiro atoms. The first-order valence-corrected chi connectivity index (χ1v) is 7.37. The Balaban J connectivity index is 1.71. The van der Waals surface area contributed by atoms with E-state index in [1.165, 1.54) is 25.8 Å². The maximum atomic E-state index is 5.78. The summed E-state index contributed by atoms with van der Waals surface area (Å²) >= 11 is 0. The van der Waals surface area contributed by atoms with E-state index in [2.05, 4.69) is 18.7 Å². The molecule has 0 saturated heterocycles. The Labute approximate surface area is 116 Å². The van der Waals surface area contributed by atoms with Gasteiger partial charge in [0.05, 0.1) is 0 Å². The molecule has 19 heavy (non-hydrogen) atoms. The van der Waals surface area contributed by atoms with Crippen molar-refractivity contribution in [3.05, 3.63) is 24.3 Å². The minimum atomic E-state index is 0.762. The van der Waals surface area contributed by atoms with Crippen molar-refractivity contribution in [2.45, 2.75) is 39.2 Å². The van der Waals surface area contributed by atoms with E-state index in [4.69, 9.17) is 10.5 Å². The highest BCUT2D eigenvalue weighted by molar-refractivity contribution is 5.41. The Morgan fingerprint density at radius 3 is 2.47 bits per heavy atom. The first-order valence-electron chi connectivity index (χ1n) is 7.37. The number of anilines is 1. The molecule has 2 N–H and O–H groups in total. The third-order valence-corrected chi connectivity index (χ3v) is 3.58. The fraction of sp³-hybridized carbons (Fsp3) is 0.625. The van der Waals surface area contributed by atoms with Crippen LogP contribution in [0.1, 0.15) is 33.1 Å². The summed E-state index contributed by atoms with van der Waals surface area (Å²) in [5.41, 5.74) is 6.44. The predicted molar refractivity (Wildman–Crippen MR) is 80.4 cm³/mol. The molecule has 0 bridgehead atoms. The van der Waals surface area contributed by atoms with Crippen LogP contribution in [0, 0.1) is 5.92 Å². The normalized spacial score (nSPS) is 15.2. The summed E-state index contributed by atoms with van der Waals surface area (Å²) in [7, 11) is 0. The van der Waals surface area contributed by atoms with Crippen molar-refractivity contribution in [2.24, 2.45) is 5.92 Å². The molecule has 1 aliphatic rings. The number of benzene rings is 1. The summed E-state index contributed by atoms with van der Waals surface area (Å²) in [6.07, 6.45) is 4.00. The summed E-state index contributed by atoms with van der Waals surface area (Å²) in [6.45, 7) is 7.57. The standard InChI is InChI=1S/C16H26N2O/c1-13(2)9-10-18(15-5-6-15)11-12-19-16-7-3-14(17)4-8-16/h3-4,7-8,13,15H,5-6,9-12,17H2,1-2H3. The maximum Gasteiger partial charge on any atom is 0.119 e. The van der Waals surface area contributed by atoms with Crippen molar-refractivity contribution in [2.75, 3.05) is 25.4 Å². The van der Waals surface area contributed by atoms with Crippen LogP contribution in [0.3, 0.4) is 0 Å². The molecule has 106 valence electrons. The lowest BCUT2D eigenvalue weighted by atomic mass is 10.1. The number of rotatable bonds is 8. The van der Waals surface area contributed by atoms with E-state index in [-0.39, 0.29) is 0 Å². The molecule has 3 nitrogen and oxygen atoms in total. The van der Waals surface area contributed by atoms with Gasteiger partial charge < -0.3 is 10.5 Å². The van der Waals surface area contributed by atoms with Gasteiger partial charge >= 0.3 is 0 Å². The zero-order valence-electron chi connectivity index (χ0n) is 12.1. The SMILES string of the molecule is CC(C)CCN(CCOc1ccc(N)cc1)C1CC1. The van der Waals surface area contributed by atoms with Crippen molar-refractivity contribution in [3.63, 3.8) is 0 Å². The van der Waals surface area contributed by atoms with Gasteiger partial charge in [-0.15, -0.1) is 0 Å². The molecule has 1 aliphatic carbocycles. The fourth-order valence-electron chi connectivity index (χ4n) is 2.19. The first kappa shape index (κ1) is 14.2. The highest BCUT2D eigenvalue weighted by Gasteiger charge is 2.28. The van der Waals surface area contributed by atoms with Crippen molar-refractivity contribution in [3.8, 4) is 5.75 Å². The van der Waals surface area contributed by atoms with Gasteiger partial charge in [0.2, 0.25) is 0 Å². The lowest BCUT2D eigenvalue weighted by Gasteiger charge is -2.22. The van der Waals surface area contributed by atoms with E-state index in [1.54, 1.807) is 0 Å². The summed E-state index contributed by atoms with van der Waals surface area (Å²) in [5, 5.41) is 0. The Kier molecular flexibility index (Phi) is 5.08. The quantitative estimate of drug-likeness (QED) is 0.731. The lowest BCUT2D eigenvalue weighted by Crippen LogP contribution is -2.32. The minimum Gasteiger partial charge on any atom is -0.492 e. The van der Waals surface area contributed by atoms with Crippen LogP contribution in [0.2, 0.25) is 0 Å². The van der Waals surface area contributed by atoms with E-state index >= 15 is 0 Å². The molecule has 0 unspecified atom stereocenters. The lowest BCUT2D eigenvalue weighted by molar-refractivity contribution is 0.194. The molecule has 0 amide bonds. The molecule has 1 aromatic rings. The van der Waals surface area contributed by atoms with Crippen LogP contribution in [0.5, 0.6) is 5.75 Å². The van der Waals surface area contributed by atoms with E-state index < -0.39 is 0 Å². The van der Waals surface area contributed by atoms with Gasteiger partial charge in [-0.3, -0.25) is 4.90 Å². The van der Waals surface area contributed by atoms with Crippen LogP contribution in [0.25, 0.3) is 0 Å². The van der Waals surface area contributed by atoms with E-state index in [1.807, 2.05) is 24.3 Å². The fourth-order valence-corrected chi connectivity index (χ4v) is 2.19. The molecular weight excluding hydrogens is 236 g/mol. The zero-order valence-corrected chi connectivity index (χ0v) is 12.1. The van der Waals surface area contributed by atoms with Crippen molar-refractivity contribution >= 4 is 5.69 Å². The molecule has 0 aliphatic heterocycles. The summed E-state index contributed by atoms with van der Waals surface area (Å²) in [6, 6.07) is 8.45. The molecule has 0 aromatic heterocycles. The summed E-state index contributed by atoms with van der Waals surface area (Å²) in [5.74, 6) is 1.69. The first-order chi connectivity index (χ1) is 9.15. The molecule has 1 fully saturated rings. The number of ether oxygens (including phenoxy) is 1. The van der Waals surface area contributed by atoms with Crippen molar-refractivity contribution < 1.29 is 4.74 Å². The second-order valence-electron chi connectivity index (χ2n) is 5.87. The van der Waals surface area contributed by atoms with Crippen LogP contribution in [0.15, 0.2) is 24.3 Å². The van der Waals surface area contributed by atoms with Gasteiger partial charge in [-0.2, -0.15) is 0 Å². The predicted octanol–water partition coefficient (Wildman–Crippen LogP) is 3.16. The number of hydrogen-bond donors (Lipinski definition) is 1. The Morgan fingerprint density at radius 2 is 1.89 bits per heavy atom. The molecule has 3 heteroatoms. The highest BCUT2D eigenvalue weighted by Crippen LogP contribution is 2.27. The van der Waals surface area contributed by atoms with Crippen molar-refractivity contribution in [1.29, 1.82) is 0 Å². The van der Waals surface area contributed by atoms with Crippen LogP contribution in [-0.2, 0) is 0 Å². The van der Waals surface area contributed by atoms with Gasteiger partial charge in [0.25, 0.3) is 0 Å². The Hall–Kier alpha value is -1.22.